The summed E-state index contributed by atoms with van der Waals surface area (Å²) in [4.78, 5) is 4.57. The molecule has 8 heteroatoms. The third-order valence-electron chi connectivity index (χ3n) is 4.64. The quantitative estimate of drug-likeness (QED) is 0.525. The van der Waals surface area contributed by atoms with Crippen LogP contribution in [0.2, 0.25) is 0 Å². The second-order valence-corrected chi connectivity index (χ2v) is 6.53. The van der Waals surface area contributed by atoms with Gasteiger partial charge >= 0.3 is 0 Å². The van der Waals surface area contributed by atoms with E-state index in [0.717, 1.165) is 53.4 Å². The van der Waals surface area contributed by atoms with Crippen molar-refractivity contribution in [3.05, 3.63) is 42.1 Å². The van der Waals surface area contributed by atoms with Crippen molar-refractivity contribution in [2.75, 3.05) is 23.8 Å². The third kappa shape index (κ3) is 2.64. The van der Waals surface area contributed by atoms with E-state index in [-0.39, 0.29) is 0 Å². The van der Waals surface area contributed by atoms with Crippen molar-refractivity contribution < 1.29 is 4.74 Å². The number of ether oxygens (including phenoxy) is 1. The first-order chi connectivity index (χ1) is 12.8. The van der Waals surface area contributed by atoms with Crippen molar-refractivity contribution in [3.63, 3.8) is 0 Å². The van der Waals surface area contributed by atoms with Gasteiger partial charge in [0.15, 0.2) is 5.65 Å². The van der Waals surface area contributed by atoms with Gasteiger partial charge in [0.25, 0.3) is 0 Å². The fourth-order valence-corrected chi connectivity index (χ4v) is 3.28. The molecular weight excluding hydrogens is 330 g/mol. The zero-order valence-electron chi connectivity index (χ0n) is 14.4. The van der Waals surface area contributed by atoms with Crippen LogP contribution < -0.4 is 10.6 Å². The van der Waals surface area contributed by atoms with Crippen LogP contribution in [-0.2, 0) is 4.74 Å². The average Bonchev–Trinajstić information content (AvgIpc) is 3.36. The van der Waals surface area contributed by atoms with E-state index in [0.29, 0.717) is 12.0 Å². The number of benzene rings is 1. The van der Waals surface area contributed by atoms with E-state index >= 15 is 0 Å². The summed E-state index contributed by atoms with van der Waals surface area (Å²) >= 11 is 0. The van der Waals surface area contributed by atoms with Gasteiger partial charge in [0, 0.05) is 23.4 Å². The fourth-order valence-electron chi connectivity index (χ4n) is 3.28. The van der Waals surface area contributed by atoms with Crippen LogP contribution >= 0.6 is 0 Å². The Bertz CT molecular complexity index is 1080. The number of aromatic amines is 1. The van der Waals surface area contributed by atoms with Gasteiger partial charge < -0.3 is 15.4 Å². The van der Waals surface area contributed by atoms with Crippen molar-refractivity contribution in [2.24, 2.45) is 0 Å². The van der Waals surface area contributed by atoms with Crippen molar-refractivity contribution in [2.45, 2.75) is 19.4 Å². The van der Waals surface area contributed by atoms with Crippen molar-refractivity contribution in [3.8, 4) is 0 Å². The molecule has 3 N–H and O–H groups in total. The number of nitrogens with zero attached hydrogens (tertiary/aromatic N) is 4. The van der Waals surface area contributed by atoms with Gasteiger partial charge in [-0.1, -0.05) is 6.07 Å². The van der Waals surface area contributed by atoms with Gasteiger partial charge in [-0.25, -0.2) is 0 Å². The Morgan fingerprint density at radius 1 is 1.27 bits per heavy atom. The van der Waals surface area contributed by atoms with E-state index in [1.54, 1.807) is 0 Å². The molecule has 1 atom stereocenters. The van der Waals surface area contributed by atoms with Gasteiger partial charge in [-0.05, 0) is 43.7 Å². The maximum atomic E-state index is 5.43. The topological polar surface area (TPSA) is 92.2 Å². The molecule has 0 spiro atoms. The van der Waals surface area contributed by atoms with Crippen LogP contribution in [0.4, 0.5) is 17.5 Å². The minimum atomic E-state index is 0.312. The van der Waals surface area contributed by atoms with Crippen molar-refractivity contribution in [1.82, 2.24) is 24.8 Å². The Kier molecular flexibility index (Phi) is 3.49. The zero-order chi connectivity index (χ0) is 17.5. The summed E-state index contributed by atoms with van der Waals surface area (Å²) in [5.74, 6) is 1.46. The van der Waals surface area contributed by atoms with Crippen LogP contribution in [0.1, 0.15) is 12.1 Å². The summed E-state index contributed by atoms with van der Waals surface area (Å²) < 4.78 is 7.25. The van der Waals surface area contributed by atoms with Crippen LogP contribution in [0.25, 0.3) is 16.6 Å². The smallest absolute Gasteiger partial charge is 0.247 e. The van der Waals surface area contributed by atoms with Crippen molar-refractivity contribution in [1.29, 1.82) is 0 Å². The highest BCUT2D eigenvalue weighted by atomic mass is 16.5. The molecule has 0 amide bonds. The molecule has 0 saturated carbocycles. The van der Waals surface area contributed by atoms with Crippen LogP contribution in [0.5, 0.6) is 0 Å². The van der Waals surface area contributed by atoms with Gasteiger partial charge in [-0.15, -0.1) is 5.10 Å². The SMILES string of the molecule is Cc1[nH]nc2cc(Nc3nc4cccc(N[C@H]5CCOC5)n4n3)ccc12. The molecule has 3 aromatic heterocycles. The molecule has 0 unspecified atom stereocenters. The third-order valence-corrected chi connectivity index (χ3v) is 4.64. The number of anilines is 3. The highest BCUT2D eigenvalue weighted by Crippen LogP contribution is 2.23. The van der Waals surface area contributed by atoms with E-state index in [4.69, 9.17) is 4.74 Å². The number of H-pyrrole nitrogens is 1. The summed E-state index contributed by atoms with van der Waals surface area (Å²) in [6, 6.07) is 12.3. The van der Waals surface area contributed by atoms with E-state index < -0.39 is 0 Å². The first kappa shape index (κ1) is 15.2. The van der Waals surface area contributed by atoms with Gasteiger partial charge in [-0.3, -0.25) is 5.10 Å². The van der Waals surface area contributed by atoms with Crippen LogP contribution in [0.3, 0.4) is 0 Å². The molecule has 8 nitrogen and oxygen atoms in total. The summed E-state index contributed by atoms with van der Waals surface area (Å²) in [6.45, 7) is 3.53. The standard InChI is InChI=1S/C18H19N7O/c1-11-14-6-5-12(9-15(14)23-22-11)20-18-21-17-4-2-3-16(25(17)24-18)19-13-7-8-26-10-13/h2-6,9,13,19H,7-8,10H2,1H3,(H,20,24)(H,22,23)/t13-/m0/s1. The van der Waals surface area contributed by atoms with Gasteiger partial charge in [0.2, 0.25) is 5.95 Å². The normalized spacial score (nSPS) is 17.2. The number of nitrogens with one attached hydrogen (secondary N) is 3. The lowest BCUT2D eigenvalue weighted by atomic mass is 10.2. The summed E-state index contributed by atoms with van der Waals surface area (Å²) in [5.41, 5.74) is 3.66. The van der Waals surface area contributed by atoms with E-state index in [1.165, 1.54) is 0 Å². The molecule has 1 aliphatic rings. The molecule has 26 heavy (non-hydrogen) atoms. The average molecular weight is 349 g/mol. The zero-order valence-corrected chi connectivity index (χ0v) is 14.4. The number of pyridine rings is 1. The minimum absolute atomic E-state index is 0.312. The molecule has 1 fully saturated rings. The number of hydrogen-bond donors (Lipinski definition) is 3. The fraction of sp³-hybridized carbons (Fsp3) is 0.278. The number of hydrogen-bond acceptors (Lipinski definition) is 6. The van der Waals surface area contributed by atoms with E-state index in [2.05, 4.69) is 30.9 Å². The van der Waals surface area contributed by atoms with Gasteiger partial charge in [-0.2, -0.15) is 14.6 Å². The number of fused-ring (bicyclic) bond motifs is 2. The van der Waals surface area contributed by atoms with Gasteiger partial charge in [0.1, 0.15) is 5.82 Å². The number of aryl methyl sites for hydroxylation is 1. The molecule has 1 aliphatic heterocycles. The molecule has 0 radical (unpaired) electrons. The number of rotatable bonds is 4. The Balaban J connectivity index is 1.44. The lowest BCUT2D eigenvalue weighted by molar-refractivity contribution is 0.195. The maximum Gasteiger partial charge on any atom is 0.247 e. The molecule has 132 valence electrons. The second-order valence-electron chi connectivity index (χ2n) is 6.53. The lowest BCUT2D eigenvalue weighted by Gasteiger charge is -2.12. The summed E-state index contributed by atoms with van der Waals surface area (Å²) in [6.07, 6.45) is 0.999. The summed E-state index contributed by atoms with van der Waals surface area (Å²) in [5, 5.41) is 19.8. The Hall–Kier alpha value is -3.13. The Morgan fingerprint density at radius 2 is 2.23 bits per heavy atom. The van der Waals surface area contributed by atoms with Crippen molar-refractivity contribution >= 4 is 34.0 Å². The largest absolute Gasteiger partial charge is 0.379 e. The monoisotopic (exact) mass is 349 g/mol. The Labute approximate surface area is 149 Å². The summed E-state index contributed by atoms with van der Waals surface area (Å²) in [7, 11) is 0. The van der Waals surface area contributed by atoms with E-state index in [1.807, 2.05) is 47.8 Å². The minimum Gasteiger partial charge on any atom is -0.379 e. The first-order valence-corrected chi connectivity index (χ1v) is 8.68. The number of aromatic nitrogens is 5. The van der Waals surface area contributed by atoms with Gasteiger partial charge in [0.05, 0.1) is 18.2 Å². The second kappa shape index (κ2) is 5.99. The molecule has 5 rings (SSSR count). The van der Waals surface area contributed by atoms with Crippen LogP contribution in [0.15, 0.2) is 36.4 Å². The first-order valence-electron chi connectivity index (χ1n) is 8.68. The predicted octanol–water partition coefficient (Wildman–Crippen LogP) is 2.86. The molecule has 1 aromatic carbocycles. The highest BCUT2D eigenvalue weighted by Gasteiger charge is 2.17. The van der Waals surface area contributed by atoms with E-state index in [9.17, 15) is 0 Å². The molecule has 4 aromatic rings. The molecule has 4 heterocycles. The maximum absolute atomic E-state index is 5.43. The molecule has 0 aliphatic carbocycles. The van der Waals surface area contributed by atoms with Crippen LogP contribution in [0, 0.1) is 6.92 Å². The predicted molar refractivity (Wildman–Crippen MR) is 99.9 cm³/mol. The molecule has 0 bridgehead atoms. The van der Waals surface area contributed by atoms with Crippen LogP contribution in [-0.4, -0.2) is 44.1 Å². The molecule has 1 saturated heterocycles. The lowest BCUT2D eigenvalue weighted by Crippen LogP contribution is -2.20. The Morgan fingerprint density at radius 3 is 3.12 bits per heavy atom. The molecular formula is C18H19N7O. The highest BCUT2D eigenvalue weighted by molar-refractivity contribution is 5.85.